The molecule has 0 aliphatic carbocycles. The van der Waals surface area contributed by atoms with Gasteiger partial charge in [-0.25, -0.2) is 0 Å². The minimum absolute atomic E-state index is 0.00281. The zero-order valence-electron chi connectivity index (χ0n) is 15.9. The fourth-order valence-electron chi connectivity index (χ4n) is 2.73. The molecule has 7 nitrogen and oxygen atoms in total. The van der Waals surface area contributed by atoms with Crippen LogP contribution < -0.4 is 10.6 Å². The molecule has 0 spiro atoms. The SMILES string of the molecule is C[C@H](Cc1ccco1)NC(=O)CCCc1nnc(C(=O)Nc2cccc(Cl)c2)s1. The van der Waals surface area contributed by atoms with Gasteiger partial charge in [0.25, 0.3) is 5.91 Å². The highest BCUT2D eigenvalue weighted by atomic mass is 35.5. The molecule has 0 unspecified atom stereocenters. The van der Waals surface area contributed by atoms with Gasteiger partial charge >= 0.3 is 0 Å². The van der Waals surface area contributed by atoms with Crippen LogP contribution in [0.3, 0.4) is 0 Å². The molecule has 0 bridgehead atoms. The molecule has 2 amide bonds. The lowest BCUT2D eigenvalue weighted by molar-refractivity contribution is -0.121. The van der Waals surface area contributed by atoms with Crippen LogP contribution in [0.15, 0.2) is 47.1 Å². The predicted octanol–water partition coefficient (Wildman–Crippen LogP) is 4.11. The molecule has 2 N–H and O–H groups in total. The first-order valence-corrected chi connectivity index (χ1v) is 10.4. The van der Waals surface area contributed by atoms with E-state index < -0.39 is 0 Å². The maximum Gasteiger partial charge on any atom is 0.286 e. The lowest BCUT2D eigenvalue weighted by Crippen LogP contribution is -2.33. The molecule has 2 heterocycles. The molecule has 0 fully saturated rings. The van der Waals surface area contributed by atoms with Gasteiger partial charge < -0.3 is 15.1 Å². The van der Waals surface area contributed by atoms with Crippen molar-refractivity contribution in [1.82, 2.24) is 15.5 Å². The van der Waals surface area contributed by atoms with Gasteiger partial charge in [-0.15, -0.1) is 10.2 Å². The Morgan fingerprint density at radius 2 is 2.10 bits per heavy atom. The van der Waals surface area contributed by atoms with Crippen molar-refractivity contribution in [2.75, 3.05) is 5.32 Å². The van der Waals surface area contributed by atoms with Crippen LogP contribution >= 0.6 is 22.9 Å². The second-order valence-electron chi connectivity index (χ2n) is 6.57. The van der Waals surface area contributed by atoms with Crippen molar-refractivity contribution in [3.8, 4) is 0 Å². The molecule has 2 aromatic heterocycles. The zero-order valence-corrected chi connectivity index (χ0v) is 17.4. The minimum atomic E-state index is -0.333. The van der Waals surface area contributed by atoms with Gasteiger partial charge in [0.1, 0.15) is 10.8 Å². The lowest BCUT2D eigenvalue weighted by atomic mass is 10.1. The maximum atomic E-state index is 12.3. The van der Waals surface area contributed by atoms with E-state index in [0.717, 1.165) is 10.8 Å². The van der Waals surface area contributed by atoms with Gasteiger partial charge in [0.2, 0.25) is 10.9 Å². The number of carbonyl (C=O) groups is 2. The summed E-state index contributed by atoms with van der Waals surface area (Å²) in [6, 6.07) is 10.6. The Balaban J connectivity index is 1.40. The molecule has 0 radical (unpaired) electrons. The Morgan fingerprint density at radius 1 is 1.24 bits per heavy atom. The summed E-state index contributed by atoms with van der Waals surface area (Å²) in [5, 5.41) is 15.2. The number of anilines is 1. The van der Waals surface area contributed by atoms with Gasteiger partial charge in [0.05, 0.1) is 6.26 Å². The van der Waals surface area contributed by atoms with E-state index in [1.54, 1.807) is 30.5 Å². The number of aryl methyl sites for hydroxylation is 1. The van der Waals surface area contributed by atoms with Gasteiger partial charge in [-0.05, 0) is 43.7 Å². The fraction of sp³-hybridized carbons (Fsp3) is 0.300. The number of carbonyl (C=O) groups excluding carboxylic acids is 2. The minimum Gasteiger partial charge on any atom is -0.469 e. The zero-order chi connectivity index (χ0) is 20.6. The van der Waals surface area contributed by atoms with E-state index in [1.807, 2.05) is 19.1 Å². The third-order valence-corrected chi connectivity index (χ3v) is 5.25. The second kappa shape index (κ2) is 10.2. The standard InChI is InChI=1S/C20H21ClN4O3S/c1-13(11-16-7-4-10-28-16)22-17(26)8-3-9-18-24-25-20(29-18)19(27)23-15-6-2-5-14(21)12-15/h2,4-7,10,12-13H,3,8-9,11H2,1H3,(H,22,26)(H,23,27)/t13-/m1/s1. The van der Waals surface area contributed by atoms with Crippen molar-refractivity contribution in [1.29, 1.82) is 0 Å². The van der Waals surface area contributed by atoms with Gasteiger partial charge in [-0.3, -0.25) is 9.59 Å². The largest absolute Gasteiger partial charge is 0.469 e. The molecule has 0 saturated heterocycles. The Morgan fingerprint density at radius 3 is 2.86 bits per heavy atom. The topological polar surface area (TPSA) is 97.1 Å². The number of benzene rings is 1. The molecular formula is C20H21ClN4O3S. The molecule has 0 aliphatic rings. The highest BCUT2D eigenvalue weighted by Gasteiger charge is 2.14. The average Bonchev–Trinajstić information content (AvgIpc) is 3.33. The number of nitrogens with one attached hydrogen (secondary N) is 2. The van der Waals surface area contributed by atoms with Gasteiger partial charge in [-0.1, -0.05) is 29.0 Å². The van der Waals surface area contributed by atoms with E-state index in [9.17, 15) is 9.59 Å². The molecule has 9 heteroatoms. The van der Waals surface area contributed by atoms with Crippen LogP contribution in [0.5, 0.6) is 0 Å². The summed E-state index contributed by atoms with van der Waals surface area (Å²) in [7, 11) is 0. The first kappa shape index (κ1) is 21.0. The van der Waals surface area contributed by atoms with E-state index in [1.165, 1.54) is 11.3 Å². The molecule has 0 aliphatic heterocycles. The van der Waals surface area contributed by atoms with E-state index in [-0.39, 0.29) is 22.9 Å². The number of amides is 2. The highest BCUT2D eigenvalue weighted by molar-refractivity contribution is 7.13. The Kier molecular flexibility index (Phi) is 7.37. The third kappa shape index (κ3) is 6.69. The van der Waals surface area contributed by atoms with Crippen molar-refractivity contribution in [3.63, 3.8) is 0 Å². The summed E-state index contributed by atoms with van der Waals surface area (Å²) in [5.74, 6) is 0.489. The van der Waals surface area contributed by atoms with E-state index in [2.05, 4.69) is 20.8 Å². The fourth-order valence-corrected chi connectivity index (χ4v) is 3.69. The number of hydrogen-bond acceptors (Lipinski definition) is 6. The van der Waals surface area contributed by atoms with Crippen LogP contribution in [0.1, 0.15) is 40.3 Å². The number of furan rings is 1. The average molecular weight is 433 g/mol. The summed E-state index contributed by atoms with van der Waals surface area (Å²) in [6.07, 6.45) is 3.87. The second-order valence-corrected chi connectivity index (χ2v) is 8.07. The smallest absolute Gasteiger partial charge is 0.286 e. The normalized spacial score (nSPS) is 11.8. The van der Waals surface area contributed by atoms with Crippen molar-refractivity contribution in [3.05, 3.63) is 63.5 Å². The lowest BCUT2D eigenvalue weighted by Gasteiger charge is -2.12. The third-order valence-electron chi connectivity index (χ3n) is 4.03. The van der Waals surface area contributed by atoms with E-state index >= 15 is 0 Å². The van der Waals surface area contributed by atoms with Crippen molar-refractivity contribution < 1.29 is 14.0 Å². The molecule has 1 aromatic carbocycles. The van der Waals surface area contributed by atoms with Crippen LogP contribution in [0.4, 0.5) is 5.69 Å². The molecule has 0 saturated carbocycles. The quantitative estimate of drug-likeness (QED) is 0.530. The van der Waals surface area contributed by atoms with Crippen LogP contribution in [0.2, 0.25) is 5.02 Å². The van der Waals surface area contributed by atoms with Crippen LogP contribution in [-0.4, -0.2) is 28.1 Å². The van der Waals surface area contributed by atoms with Crippen molar-refractivity contribution in [2.24, 2.45) is 0 Å². The number of halogens is 1. The van der Waals surface area contributed by atoms with Crippen LogP contribution in [-0.2, 0) is 17.6 Å². The first-order chi connectivity index (χ1) is 14.0. The summed E-state index contributed by atoms with van der Waals surface area (Å²) in [4.78, 5) is 24.3. The molecule has 29 heavy (non-hydrogen) atoms. The molecule has 152 valence electrons. The predicted molar refractivity (Wildman–Crippen MR) is 112 cm³/mol. The monoisotopic (exact) mass is 432 g/mol. The van der Waals surface area contributed by atoms with Crippen LogP contribution in [0, 0.1) is 0 Å². The molecular weight excluding hydrogens is 412 g/mol. The number of aromatic nitrogens is 2. The van der Waals surface area contributed by atoms with E-state index in [4.69, 9.17) is 16.0 Å². The highest BCUT2D eigenvalue weighted by Crippen LogP contribution is 2.18. The van der Waals surface area contributed by atoms with Gasteiger partial charge in [0.15, 0.2) is 0 Å². The summed E-state index contributed by atoms with van der Waals surface area (Å²) in [5.41, 5.74) is 0.597. The number of hydrogen-bond donors (Lipinski definition) is 2. The van der Waals surface area contributed by atoms with E-state index in [0.29, 0.717) is 36.4 Å². The molecule has 3 aromatic rings. The van der Waals surface area contributed by atoms with Crippen molar-refractivity contribution >= 4 is 40.4 Å². The molecule has 1 atom stereocenters. The number of nitrogens with zero attached hydrogens (tertiary/aromatic N) is 2. The number of rotatable bonds is 9. The van der Waals surface area contributed by atoms with Gasteiger partial charge in [0, 0.05) is 36.0 Å². The Labute approximate surface area is 177 Å². The summed E-state index contributed by atoms with van der Waals surface area (Å²) < 4.78 is 5.29. The first-order valence-electron chi connectivity index (χ1n) is 9.20. The maximum absolute atomic E-state index is 12.3. The van der Waals surface area contributed by atoms with Gasteiger partial charge in [-0.2, -0.15) is 0 Å². The van der Waals surface area contributed by atoms with Crippen LogP contribution in [0.25, 0.3) is 0 Å². The summed E-state index contributed by atoms with van der Waals surface area (Å²) in [6.45, 7) is 1.94. The molecule has 3 rings (SSSR count). The summed E-state index contributed by atoms with van der Waals surface area (Å²) >= 11 is 7.14. The Bertz CT molecular complexity index is 958. The Hall–Kier alpha value is -2.71. The van der Waals surface area contributed by atoms with Crippen molar-refractivity contribution in [2.45, 2.75) is 38.6 Å².